The smallest absolute Gasteiger partial charge is 0.183 e. The van der Waals surface area contributed by atoms with Crippen molar-refractivity contribution >= 4 is 17.3 Å². The van der Waals surface area contributed by atoms with Gasteiger partial charge in [0.05, 0.1) is 18.1 Å². The Bertz CT molecular complexity index is 823. The van der Waals surface area contributed by atoms with Crippen LogP contribution in [0.4, 0.5) is 17.3 Å². The molecule has 2 unspecified atom stereocenters. The highest BCUT2D eigenvalue weighted by molar-refractivity contribution is 5.61. The number of anilines is 3. The normalized spacial score (nSPS) is 23.3. The number of aryl methyl sites for hydroxylation is 1. The maximum Gasteiger partial charge on any atom is 0.183 e. The zero-order valence-corrected chi connectivity index (χ0v) is 15.3. The summed E-state index contributed by atoms with van der Waals surface area (Å²) >= 11 is 0. The van der Waals surface area contributed by atoms with Crippen molar-refractivity contribution in [3.8, 4) is 6.07 Å². The van der Waals surface area contributed by atoms with E-state index >= 15 is 0 Å². The number of fused-ring (bicyclic) bond motifs is 1. The summed E-state index contributed by atoms with van der Waals surface area (Å²) in [6.45, 7) is 2.16. The van der Waals surface area contributed by atoms with Gasteiger partial charge >= 0.3 is 0 Å². The molecule has 8 nitrogen and oxygen atoms in total. The summed E-state index contributed by atoms with van der Waals surface area (Å²) < 4.78 is 1.71. The summed E-state index contributed by atoms with van der Waals surface area (Å²) in [6.07, 6.45) is 10.1. The first-order valence-electron chi connectivity index (χ1n) is 9.15. The quantitative estimate of drug-likeness (QED) is 0.902. The molecule has 0 spiro atoms. The van der Waals surface area contributed by atoms with E-state index in [1.807, 2.05) is 13.2 Å². The molecule has 2 aliphatic rings. The van der Waals surface area contributed by atoms with Gasteiger partial charge in [-0.25, -0.2) is 9.97 Å². The predicted octanol–water partition coefficient (Wildman–Crippen LogP) is 1.89. The molecule has 0 bridgehead atoms. The number of likely N-dealkylation sites (N-methyl/N-ethyl adjacent to an activating group) is 1. The largest absolute Gasteiger partial charge is 0.351 e. The molecule has 1 N–H and O–H groups in total. The third-order valence-corrected chi connectivity index (χ3v) is 5.45. The number of aromatic nitrogens is 4. The SMILES string of the molecule is CN1CCCC2C1CCCN2c1cnc(C#N)c(Nc2cnn(C)c2)n1. The summed E-state index contributed by atoms with van der Waals surface area (Å²) in [5.74, 6) is 1.34. The molecule has 26 heavy (non-hydrogen) atoms. The highest BCUT2D eigenvalue weighted by Gasteiger charge is 2.37. The van der Waals surface area contributed by atoms with Crippen LogP contribution < -0.4 is 10.2 Å². The second-order valence-electron chi connectivity index (χ2n) is 7.16. The Hall–Kier alpha value is -2.66. The first-order chi connectivity index (χ1) is 12.7. The summed E-state index contributed by atoms with van der Waals surface area (Å²) in [5.41, 5.74) is 1.09. The van der Waals surface area contributed by atoms with Crippen LogP contribution in [0.15, 0.2) is 18.6 Å². The van der Waals surface area contributed by atoms with Crippen LogP contribution in [0.1, 0.15) is 31.4 Å². The number of nitrogens with one attached hydrogen (secondary N) is 1. The molecule has 2 saturated heterocycles. The molecule has 136 valence electrons. The van der Waals surface area contributed by atoms with Gasteiger partial charge in [0.15, 0.2) is 11.5 Å². The fraction of sp³-hybridized carbons (Fsp3) is 0.556. The highest BCUT2D eigenvalue weighted by Crippen LogP contribution is 2.32. The van der Waals surface area contributed by atoms with Crippen LogP contribution in [0.2, 0.25) is 0 Å². The van der Waals surface area contributed by atoms with E-state index in [2.05, 4.69) is 38.3 Å². The van der Waals surface area contributed by atoms with Gasteiger partial charge in [0, 0.05) is 31.9 Å². The Morgan fingerprint density at radius 3 is 2.73 bits per heavy atom. The lowest BCUT2D eigenvalue weighted by atomic mass is 9.88. The van der Waals surface area contributed by atoms with E-state index in [1.54, 1.807) is 17.1 Å². The van der Waals surface area contributed by atoms with Crippen molar-refractivity contribution in [3.63, 3.8) is 0 Å². The van der Waals surface area contributed by atoms with Crippen LogP contribution in [0.3, 0.4) is 0 Å². The topological polar surface area (TPSA) is 85.9 Å². The molecule has 2 aromatic heterocycles. The van der Waals surface area contributed by atoms with E-state index in [-0.39, 0.29) is 0 Å². The van der Waals surface area contributed by atoms with Crippen molar-refractivity contribution in [1.29, 1.82) is 5.26 Å². The van der Waals surface area contributed by atoms with E-state index in [1.165, 1.54) is 25.8 Å². The maximum atomic E-state index is 9.39. The number of nitriles is 1. The average Bonchev–Trinajstić information content (AvgIpc) is 3.06. The zero-order valence-electron chi connectivity index (χ0n) is 15.3. The minimum Gasteiger partial charge on any atom is -0.351 e. The van der Waals surface area contributed by atoms with Crippen molar-refractivity contribution in [2.75, 3.05) is 30.4 Å². The van der Waals surface area contributed by atoms with Gasteiger partial charge in [-0.2, -0.15) is 10.4 Å². The Balaban J connectivity index is 1.64. The van der Waals surface area contributed by atoms with E-state index < -0.39 is 0 Å². The molecule has 2 atom stereocenters. The van der Waals surface area contributed by atoms with Crippen molar-refractivity contribution in [2.24, 2.45) is 7.05 Å². The Labute approximate surface area is 153 Å². The van der Waals surface area contributed by atoms with Crippen LogP contribution >= 0.6 is 0 Å². The zero-order chi connectivity index (χ0) is 18.1. The molecule has 0 radical (unpaired) electrons. The second kappa shape index (κ2) is 6.92. The molecular weight excluding hydrogens is 328 g/mol. The molecular formula is C18H24N8. The maximum absolute atomic E-state index is 9.39. The van der Waals surface area contributed by atoms with Gasteiger partial charge in [-0.05, 0) is 39.3 Å². The van der Waals surface area contributed by atoms with E-state index in [0.29, 0.717) is 23.6 Å². The standard InChI is InChI=1S/C18H24N8/c1-24-7-3-6-16-15(24)5-4-8-26(16)17-11-20-14(9-19)18(23-17)22-13-10-21-25(2)12-13/h10-12,15-16H,3-8H2,1-2H3,(H,22,23). The van der Waals surface area contributed by atoms with Crippen LogP contribution in [-0.2, 0) is 7.05 Å². The molecule has 0 aromatic carbocycles. The summed E-state index contributed by atoms with van der Waals surface area (Å²) in [4.78, 5) is 14.0. The Morgan fingerprint density at radius 2 is 1.96 bits per heavy atom. The van der Waals surface area contributed by atoms with Crippen molar-refractivity contribution in [1.82, 2.24) is 24.6 Å². The van der Waals surface area contributed by atoms with Crippen LogP contribution in [-0.4, -0.2) is 56.9 Å². The van der Waals surface area contributed by atoms with Gasteiger partial charge in [-0.15, -0.1) is 0 Å². The van der Waals surface area contributed by atoms with Gasteiger partial charge in [0.1, 0.15) is 11.9 Å². The van der Waals surface area contributed by atoms with Crippen molar-refractivity contribution in [3.05, 3.63) is 24.3 Å². The van der Waals surface area contributed by atoms with Crippen LogP contribution in [0.5, 0.6) is 0 Å². The summed E-state index contributed by atoms with van der Waals surface area (Å²) in [6, 6.07) is 3.17. The summed E-state index contributed by atoms with van der Waals surface area (Å²) in [7, 11) is 4.08. The first kappa shape index (κ1) is 16.8. The number of piperidine rings is 2. The highest BCUT2D eigenvalue weighted by atomic mass is 15.3. The molecule has 2 aromatic rings. The number of hydrogen-bond donors (Lipinski definition) is 1. The molecule has 4 rings (SSSR count). The monoisotopic (exact) mass is 352 g/mol. The lowest BCUT2D eigenvalue weighted by Gasteiger charge is -2.48. The van der Waals surface area contributed by atoms with Crippen molar-refractivity contribution < 1.29 is 0 Å². The number of likely N-dealkylation sites (tertiary alicyclic amines) is 1. The lowest BCUT2D eigenvalue weighted by molar-refractivity contribution is 0.130. The van der Waals surface area contributed by atoms with E-state index in [9.17, 15) is 5.26 Å². The number of nitrogens with zero attached hydrogens (tertiary/aromatic N) is 7. The van der Waals surface area contributed by atoms with Crippen LogP contribution in [0, 0.1) is 11.3 Å². The van der Waals surface area contributed by atoms with Gasteiger partial charge < -0.3 is 15.1 Å². The Morgan fingerprint density at radius 1 is 1.15 bits per heavy atom. The lowest BCUT2D eigenvalue weighted by Crippen LogP contribution is -2.57. The molecule has 4 heterocycles. The first-order valence-corrected chi connectivity index (χ1v) is 9.15. The molecule has 0 saturated carbocycles. The van der Waals surface area contributed by atoms with Gasteiger partial charge in [-0.3, -0.25) is 4.68 Å². The fourth-order valence-corrected chi connectivity index (χ4v) is 4.21. The minimum atomic E-state index is 0.298. The Kier molecular flexibility index (Phi) is 4.47. The number of rotatable bonds is 3. The summed E-state index contributed by atoms with van der Waals surface area (Å²) in [5, 5.41) is 16.7. The van der Waals surface area contributed by atoms with Gasteiger partial charge in [0.25, 0.3) is 0 Å². The van der Waals surface area contributed by atoms with Gasteiger partial charge in [0.2, 0.25) is 0 Å². The third-order valence-electron chi connectivity index (χ3n) is 5.45. The van der Waals surface area contributed by atoms with Gasteiger partial charge in [-0.1, -0.05) is 0 Å². The molecule has 0 amide bonds. The van der Waals surface area contributed by atoms with E-state index in [4.69, 9.17) is 4.98 Å². The van der Waals surface area contributed by atoms with Crippen molar-refractivity contribution in [2.45, 2.75) is 37.8 Å². The van der Waals surface area contributed by atoms with E-state index in [0.717, 1.165) is 24.5 Å². The minimum absolute atomic E-state index is 0.298. The second-order valence-corrected chi connectivity index (χ2v) is 7.16. The third kappa shape index (κ3) is 3.10. The molecule has 0 aliphatic carbocycles. The molecule has 8 heteroatoms. The predicted molar refractivity (Wildman–Crippen MR) is 99.3 cm³/mol. The fourth-order valence-electron chi connectivity index (χ4n) is 4.21. The molecule has 2 fully saturated rings. The van der Waals surface area contributed by atoms with Crippen LogP contribution in [0.25, 0.3) is 0 Å². The average molecular weight is 352 g/mol. The number of hydrogen-bond acceptors (Lipinski definition) is 7. The molecule has 2 aliphatic heterocycles.